The fourth-order valence-corrected chi connectivity index (χ4v) is 2.35. The largest absolute Gasteiger partial charge is 0.464 e. The van der Waals surface area contributed by atoms with Gasteiger partial charge in [-0.15, -0.1) is 0 Å². The summed E-state index contributed by atoms with van der Waals surface area (Å²) in [5.41, 5.74) is 1.10. The minimum atomic E-state index is 0.195. The van der Waals surface area contributed by atoms with Gasteiger partial charge < -0.3 is 9.73 Å². The van der Waals surface area contributed by atoms with Gasteiger partial charge in [-0.1, -0.05) is 13.8 Å². The van der Waals surface area contributed by atoms with Gasteiger partial charge in [-0.25, -0.2) is 0 Å². The molecule has 2 rings (SSSR count). The molecular formula is C17H27N3O. The second kappa shape index (κ2) is 7.46. The van der Waals surface area contributed by atoms with Gasteiger partial charge in [-0.2, -0.15) is 5.10 Å². The van der Waals surface area contributed by atoms with Crippen LogP contribution in [-0.4, -0.2) is 16.3 Å². The number of aryl methyl sites for hydroxylation is 1. The Hall–Kier alpha value is -1.55. The number of hydrogen-bond acceptors (Lipinski definition) is 3. The minimum Gasteiger partial charge on any atom is -0.464 e. The van der Waals surface area contributed by atoms with Crippen molar-refractivity contribution in [1.82, 2.24) is 15.1 Å². The van der Waals surface area contributed by atoms with E-state index < -0.39 is 0 Å². The molecule has 1 N–H and O–H groups in total. The zero-order valence-corrected chi connectivity index (χ0v) is 13.6. The molecular weight excluding hydrogens is 262 g/mol. The van der Waals surface area contributed by atoms with Crippen molar-refractivity contribution >= 4 is 0 Å². The molecule has 0 radical (unpaired) electrons. The van der Waals surface area contributed by atoms with Gasteiger partial charge in [0.05, 0.1) is 11.7 Å². The molecule has 0 saturated heterocycles. The van der Waals surface area contributed by atoms with Crippen LogP contribution in [0.2, 0.25) is 0 Å². The van der Waals surface area contributed by atoms with Crippen molar-refractivity contribution in [2.45, 2.75) is 59.0 Å². The maximum Gasteiger partial charge on any atom is 0.121 e. The number of furan rings is 1. The molecule has 0 aromatic carbocycles. The van der Waals surface area contributed by atoms with Gasteiger partial charge in [-0.05, 0) is 45.0 Å². The molecule has 4 heteroatoms. The first-order valence-electron chi connectivity index (χ1n) is 8.00. The highest BCUT2D eigenvalue weighted by Crippen LogP contribution is 2.21. The fraction of sp³-hybridized carbons (Fsp3) is 0.588. The molecule has 0 bridgehead atoms. The van der Waals surface area contributed by atoms with E-state index in [1.54, 1.807) is 0 Å². The van der Waals surface area contributed by atoms with E-state index in [1.165, 1.54) is 0 Å². The van der Waals surface area contributed by atoms with Crippen molar-refractivity contribution in [1.29, 1.82) is 0 Å². The third-order valence-corrected chi connectivity index (χ3v) is 3.62. The summed E-state index contributed by atoms with van der Waals surface area (Å²) in [7, 11) is 0. The van der Waals surface area contributed by atoms with Crippen LogP contribution in [0.15, 0.2) is 28.8 Å². The Morgan fingerprint density at radius 3 is 2.62 bits per heavy atom. The van der Waals surface area contributed by atoms with Crippen LogP contribution in [0.3, 0.4) is 0 Å². The van der Waals surface area contributed by atoms with Crippen molar-refractivity contribution in [3.05, 3.63) is 41.6 Å². The topological polar surface area (TPSA) is 43.0 Å². The first kappa shape index (κ1) is 15.8. The molecule has 21 heavy (non-hydrogen) atoms. The van der Waals surface area contributed by atoms with Gasteiger partial charge in [-0.3, -0.25) is 4.68 Å². The Morgan fingerprint density at radius 2 is 2.05 bits per heavy atom. The molecule has 0 saturated carbocycles. The molecule has 0 spiro atoms. The highest BCUT2D eigenvalue weighted by molar-refractivity contribution is 5.14. The first-order chi connectivity index (χ1) is 10.1. The smallest absolute Gasteiger partial charge is 0.121 e. The summed E-state index contributed by atoms with van der Waals surface area (Å²) in [5.74, 6) is 2.06. The lowest BCUT2D eigenvalue weighted by molar-refractivity contribution is 0.389. The summed E-state index contributed by atoms with van der Waals surface area (Å²) >= 11 is 0. The Kier molecular flexibility index (Phi) is 5.62. The zero-order valence-electron chi connectivity index (χ0n) is 13.6. The van der Waals surface area contributed by atoms with E-state index in [9.17, 15) is 0 Å². The molecule has 1 unspecified atom stereocenters. The molecule has 2 heterocycles. The molecule has 0 aliphatic heterocycles. The monoisotopic (exact) mass is 289 g/mol. The summed E-state index contributed by atoms with van der Waals surface area (Å²) in [5, 5.41) is 8.21. The number of rotatable bonds is 8. The van der Waals surface area contributed by atoms with Crippen molar-refractivity contribution in [3.8, 4) is 0 Å². The first-order valence-corrected chi connectivity index (χ1v) is 8.00. The van der Waals surface area contributed by atoms with Gasteiger partial charge in [0.2, 0.25) is 0 Å². The van der Waals surface area contributed by atoms with E-state index in [2.05, 4.69) is 62.5 Å². The predicted molar refractivity (Wildman–Crippen MR) is 85.4 cm³/mol. The average Bonchev–Trinajstić information content (AvgIpc) is 3.12. The molecule has 1 atom stereocenters. The molecule has 2 aromatic rings. The summed E-state index contributed by atoms with van der Waals surface area (Å²) in [6, 6.07) is 6.86. The van der Waals surface area contributed by atoms with Crippen LogP contribution >= 0.6 is 0 Å². The molecule has 0 fully saturated rings. The third-order valence-electron chi connectivity index (χ3n) is 3.62. The van der Waals surface area contributed by atoms with E-state index in [0.717, 1.165) is 43.0 Å². The Bertz CT molecular complexity index is 542. The van der Waals surface area contributed by atoms with E-state index in [-0.39, 0.29) is 6.04 Å². The van der Waals surface area contributed by atoms with E-state index in [0.29, 0.717) is 6.04 Å². The maximum atomic E-state index is 5.92. The summed E-state index contributed by atoms with van der Waals surface area (Å²) in [6.07, 6.45) is 4.95. The van der Waals surface area contributed by atoms with Crippen LogP contribution in [0, 0.1) is 0 Å². The predicted octanol–water partition coefficient (Wildman–Crippen LogP) is 3.90. The number of nitrogens with one attached hydrogen (secondary N) is 1. The third kappa shape index (κ3) is 4.21. The quantitative estimate of drug-likeness (QED) is 0.801. The van der Waals surface area contributed by atoms with Crippen molar-refractivity contribution in [3.63, 3.8) is 0 Å². The molecule has 4 nitrogen and oxygen atoms in total. The van der Waals surface area contributed by atoms with Crippen LogP contribution in [0.5, 0.6) is 0 Å². The normalized spacial score (nSPS) is 13.0. The molecule has 116 valence electrons. The van der Waals surface area contributed by atoms with E-state index in [1.807, 2.05) is 4.68 Å². The van der Waals surface area contributed by atoms with Gasteiger partial charge in [0.15, 0.2) is 0 Å². The molecule has 0 amide bonds. The van der Waals surface area contributed by atoms with Crippen molar-refractivity contribution in [2.75, 3.05) is 6.54 Å². The number of nitrogens with zero attached hydrogens (tertiary/aromatic N) is 2. The summed E-state index contributed by atoms with van der Waals surface area (Å²) in [4.78, 5) is 0. The second-order valence-corrected chi connectivity index (χ2v) is 5.75. The molecule has 2 aromatic heterocycles. The lowest BCUT2D eigenvalue weighted by Crippen LogP contribution is -2.24. The van der Waals surface area contributed by atoms with Gasteiger partial charge in [0.1, 0.15) is 11.5 Å². The lowest BCUT2D eigenvalue weighted by Gasteiger charge is -2.15. The maximum absolute atomic E-state index is 5.92. The van der Waals surface area contributed by atoms with Crippen LogP contribution in [-0.2, 0) is 12.8 Å². The SMILES string of the molecule is CCCNC(Cc1ccn(C(C)C)n1)c1ccc(CC)o1. The van der Waals surface area contributed by atoms with E-state index >= 15 is 0 Å². The summed E-state index contributed by atoms with van der Waals surface area (Å²) in [6.45, 7) is 9.56. The second-order valence-electron chi connectivity index (χ2n) is 5.75. The van der Waals surface area contributed by atoms with Crippen molar-refractivity contribution in [2.24, 2.45) is 0 Å². The minimum absolute atomic E-state index is 0.195. The van der Waals surface area contributed by atoms with E-state index in [4.69, 9.17) is 4.42 Å². The van der Waals surface area contributed by atoms with Gasteiger partial charge >= 0.3 is 0 Å². The standard InChI is InChI=1S/C17H27N3O/c1-5-10-18-16(17-8-7-15(6-2)21-17)12-14-9-11-20(19-14)13(3)4/h7-9,11,13,16,18H,5-6,10,12H2,1-4H3. The van der Waals surface area contributed by atoms with Crippen molar-refractivity contribution < 1.29 is 4.42 Å². The Morgan fingerprint density at radius 1 is 1.24 bits per heavy atom. The van der Waals surface area contributed by atoms with Gasteiger partial charge in [0, 0.05) is 25.1 Å². The van der Waals surface area contributed by atoms with Crippen LogP contribution in [0.1, 0.15) is 63.4 Å². The Balaban J connectivity index is 2.11. The zero-order chi connectivity index (χ0) is 15.2. The summed E-state index contributed by atoms with van der Waals surface area (Å²) < 4.78 is 7.93. The van der Waals surface area contributed by atoms with Crippen LogP contribution < -0.4 is 5.32 Å². The highest BCUT2D eigenvalue weighted by atomic mass is 16.3. The fourth-order valence-electron chi connectivity index (χ4n) is 2.35. The Labute approximate surface area is 127 Å². The average molecular weight is 289 g/mol. The number of hydrogen-bond donors (Lipinski definition) is 1. The van der Waals surface area contributed by atoms with Crippen LogP contribution in [0.25, 0.3) is 0 Å². The van der Waals surface area contributed by atoms with Gasteiger partial charge in [0.25, 0.3) is 0 Å². The number of aromatic nitrogens is 2. The molecule has 0 aliphatic rings. The lowest BCUT2D eigenvalue weighted by atomic mass is 10.1. The van der Waals surface area contributed by atoms with Crippen LogP contribution in [0.4, 0.5) is 0 Å². The molecule has 0 aliphatic carbocycles. The highest BCUT2D eigenvalue weighted by Gasteiger charge is 2.17.